The number of allylic oxidation sites excluding steroid dienone is 1. The van der Waals surface area contributed by atoms with Crippen molar-refractivity contribution in [1.29, 1.82) is 0 Å². The van der Waals surface area contributed by atoms with Crippen LogP contribution in [0.15, 0.2) is 60.7 Å². The number of phenolic OH excluding ortho intramolecular Hbond substituents is 1. The third-order valence-electron chi connectivity index (χ3n) is 3.95. The number of methoxy groups -OCH3 is 1. The van der Waals surface area contributed by atoms with Crippen LogP contribution in [0.5, 0.6) is 11.5 Å². The highest BCUT2D eigenvalue weighted by Crippen LogP contribution is 2.37. The summed E-state index contributed by atoms with van der Waals surface area (Å²) in [6, 6.07) is 15.7. The Bertz CT molecular complexity index is 1040. The van der Waals surface area contributed by atoms with E-state index in [0.717, 1.165) is 10.8 Å². The topological polar surface area (TPSA) is 89.7 Å². The number of carbonyl (C=O) groups excluding carboxylic acids is 1. The molecule has 3 rings (SSSR count). The third kappa shape index (κ3) is 3.39. The second kappa shape index (κ2) is 7.06. The summed E-state index contributed by atoms with van der Waals surface area (Å²) in [6.07, 6.45) is 2.78. The van der Waals surface area contributed by atoms with Crippen LogP contribution in [0.2, 0.25) is 0 Å². The van der Waals surface area contributed by atoms with Crippen LogP contribution in [-0.4, -0.2) is 22.9 Å². The van der Waals surface area contributed by atoms with Gasteiger partial charge in [-0.05, 0) is 34.5 Å². The van der Waals surface area contributed by atoms with E-state index in [2.05, 4.69) is 0 Å². The molecule has 0 aliphatic carbocycles. The van der Waals surface area contributed by atoms with E-state index in [0.29, 0.717) is 11.1 Å². The molecule has 6 heteroatoms. The summed E-state index contributed by atoms with van der Waals surface area (Å²) in [5.41, 5.74) is 0.405. The molecule has 0 heterocycles. The number of aromatic hydroxyl groups is 1. The van der Waals surface area contributed by atoms with Gasteiger partial charge in [-0.2, -0.15) is 0 Å². The van der Waals surface area contributed by atoms with Gasteiger partial charge in [0, 0.05) is 11.6 Å². The molecule has 6 nitrogen and oxygen atoms in total. The van der Waals surface area contributed by atoms with Crippen LogP contribution in [0.4, 0.5) is 5.69 Å². The van der Waals surface area contributed by atoms with Gasteiger partial charge in [-0.25, -0.2) is 0 Å². The van der Waals surface area contributed by atoms with Crippen molar-refractivity contribution in [1.82, 2.24) is 0 Å². The molecule has 1 N–H and O–H groups in total. The molecule has 0 aliphatic rings. The fraction of sp³-hybridized carbons (Fsp3) is 0.0500. The average Bonchev–Trinajstić information content (AvgIpc) is 2.66. The molecule has 0 aromatic heterocycles. The highest BCUT2D eigenvalue weighted by Gasteiger charge is 2.19. The lowest BCUT2D eigenvalue weighted by atomic mass is 10.0. The Hall–Kier alpha value is -3.67. The van der Waals surface area contributed by atoms with Gasteiger partial charge in [0.05, 0.1) is 12.0 Å². The predicted molar refractivity (Wildman–Crippen MR) is 98.6 cm³/mol. The minimum absolute atomic E-state index is 0.0306. The van der Waals surface area contributed by atoms with Gasteiger partial charge in [0.1, 0.15) is 0 Å². The Balaban J connectivity index is 1.92. The number of hydrogen-bond donors (Lipinski definition) is 1. The Morgan fingerprint density at radius 1 is 1.12 bits per heavy atom. The van der Waals surface area contributed by atoms with Crippen LogP contribution >= 0.6 is 0 Å². The lowest BCUT2D eigenvalue weighted by Gasteiger charge is -2.05. The standard InChI is InChI=1S/C20H15NO5/c1-26-19-11-13(10-17(20(19)23)21(24)25)6-9-18(22)16-8-7-14-4-2-3-5-15(14)12-16/h2-12,23H,1H3. The van der Waals surface area contributed by atoms with E-state index in [1.807, 2.05) is 30.3 Å². The number of nitro groups is 1. The second-order valence-corrected chi connectivity index (χ2v) is 5.61. The highest BCUT2D eigenvalue weighted by molar-refractivity contribution is 6.08. The number of fused-ring (bicyclic) bond motifs is 1. The maximum atomic E-state index is 12.4. The zero-order valence-electron chi connectivity index (χ0n) is 13.9. The fourth-order valence-electron chi connectivity index (χ4n) is 2.62. The summed E-state index contributed by atoms with van der Waals surface area (Å²) in [4.78, 5) is 22.7. The number of nitrogens with zero attached hydrogens (tertiary/aromatic N) is 1. The first-order valence-corrected chi connectivity index (χ1v) is 7.76. The lowest BCUT2D eigenvalue weighted by Crippen LogP contribution is -1.95. The molecule has 130 valence electrons. The lowest BCUT2D eigenvalue weighted by molar-refractivity contribution is -0.386. The van der Waals surface area contributed by atoms with Gasteiger partial charge in [0.2, 0.25) is 5.75 Å². The van der Waals surface area contributed by atoms with Gasteiger partial charge in [-0.1, -0.05) is 42.5 Å². The normalized spacial score (nSPS) is 11.0. The Morgan fingerprint density at radius 2 is 1.85 bits per heavy atom. The van der Waals surface area contributed by atoms with E-state index >= 15 is 0 Å². The van der Waals surface area contributed by atoms with E-state index in [1.165, 1.54) is 31.4 Å². The minimum Gasteiger partial charge on any atom is -0.500 e. The number of ketones is 1. The van der Waals surface area contributed by atoms with Crippen LogP contribution < -0.4 is 4.74 Å². The van der Waals surface area contributed by atoms with Crippen molar-refractivity contribution in [3.05, 3.63) is 81.9 Å². The zero-order valence-corrected chi connectivity index (χ0v) is 13.9. The van der Waals surface area contributed by atoms with E-state index in [1.54, 1.807) is 12.1 Å². The molecule has 0 spiro atoms. The van der Waals surface area contributed by atoms with Gasteiger partial charge in [-0.15, -0.1) is 0 Å². The molecule has 0 saturated carbocycles. The second-order valence-electron chi connectivity index (χ2n) is 5.61. The molecule has 0 fully saturated rings. The molecular formula is C20H15NO5. The molecule has 0 saturated heterocycles. The van der Waals surface area contributed by atoms with Gasteiger partial charge in [-0.3, -0.25) is 14.9 Å². The Labute approximate surface area is 149 Å². The molecule has 0 aliphatic heterocycles. The average molecular weight is 349 g/mol. The summed E-state index contributed by atoms with van der Waals surface area (Å²) < 4.78 is 4.94. The van der Waals surface area contributed by atoms with Crippen LogP contribution in [0.25, 0.3) is 16.8 Å². The molecule has 3 aromatic rings. The SMILES string of the molecule is COc1cc(C=CC(=O)c2ccc3ccccc3c2)cc([N+](=O)[O-])c1O. The molecule has 26 heavy (non-hydrogen) atoms. The monoisotopic (exact) mass is 349 g/mol. The number of ether oxygens (including phenoxy) is 1. The molecule has 0 amide bonds. The maximum absolute atomic E-state index is 12.4. The van der Waals surface area contributed by atoms with Gasteiger partial charge in [0.25, 0.3) is 0 Å². The van der Waals surface area contributed by atoms with Crippen LogP contribution in [0, 0.1) is 10.1 Å². The number of phenols is 1. The molecule has 0 radical (unpaired) electrons. The Kier molecular flexibility index (Phi) is 4.66. The summed E-state index contributed by atoms with van der Waals surface area (Å²) in [7, 11) is 1.30. The van der Waals surface area contributed by atoms with Crippen molar-refractivity contribution in [2.75, 3.05) is 7.11 Å². The van der Waals surface area contributed by atoms with Gasteiger partial charge < -0.3 is 9.84 Å². The molecular weight excluding hydrogens is 334 g/mol. The maximum Gasteiger partial charge on any atom is 0.315 e. The molecule has 0 unspecified atom stereocenters. The van der Waals surface area contributed by atoms with Crippen molar-refractivity contribution >= 4 is 28.3 Å². The van der Waals surface area contributed by atoms with Crippen LogP contribution in [0.1, 0.15) is 15.9 Å². The quantitative estimate of drug-likeness (QED) is 0.320. The van der Waals surface area contributed by atoms with Gasteiger partial charge in [0.15, 0.2) is 11.5 Å². The first-order chi connectivity index (χ1) is 12.5. The number of nitro benzene ring substituents is 1. The van der Waals surface area contributed by atoms with Crippen molar-refractivity contribution in [2.45, 2.75) is 0 Å². The Morgan fingerprint density at radius 3 is 2.54 bits per heavy atom. The number of benzene rings is 3. The van der Waals surface area contributed by atoms with E-state index < -0.39 is 16.4 Å². The number of rotatable bonds is 5. The van der Waals surface area contributed by atoms with Crippen molar-refractivity contribution in [3.8, 4) is 11.5 Å². The first kappa shape index (κ1) is 17.2. The third-order valence-corrected chi connectivity index (χ3v) is 3.95. The summed E-state index contributed by atoms with van der Waals surface area (Å²) >= 11 is 0. The molecule has 0 atom stereocenters. The number of carbonyl (C=O) groups is 1. The highest BCUT2D eigenvalue weighted by atomic mass is 16.6. The van der Waals surface area contributed by atoms with Crippen LogP contribution in [0.3, 0.4) is 0 Å². The summed E-state index contributed by atoms with van der Waals surface area (Å²) in [5, 5.41) is 22.8. The fourth-order valence-corrected chi connectivity index (χ4v) is 2.62. The van der Waals surface area contributed by atoms with Crippen molar-refractivity contribution in [2.24, 2.45) is 0 Å². The predicted octanol–water partition coefficient (Wildman–Crippen LogP) is 4.36. The van der Waals surface area contributed by atoms with Crippen molar-refractivity contribution in [3.63, 3.8) is 0 Å². The number of hydrogen-bond acceptors (Lipinski definition) is 5. The summed E-state index contributed by atoms with van der Waals surface area (Å²) in [6.45, 7) is 0. The van der Waals surface area contributed by atoms with E-state index in [9.17, 15) is 20.0 Å². The van der Waals surface area contributed by atoms with Crippen molar-refractivity contribution < 1.29 is 19.6 Å². The van der Waals surface area contributed by atoms with Gasteiger partial charge >= 0.3 is 5.69 Å². The first-order valence-electron chi connectivity index (χ1n) is 7.76. The largest absolute Gasteiger partial charge is 0.500 e. The van der Waals surface area contributed by atoms with E-state index in [4.69, 9.17) is 4.74 Å². The minimum atomic E-state index is -0.708. The smallest absolute Gasteiger partial charge is 0.315 e. The van der Waals surface area contributed by atoms with Crippen LogP contribution in [-0.2, 0) is 0 Å². The summed E-state index contributed by atoms with van der Waals surface area (Å²) in [5.74, 6) is -0.807. The molecule has 0 bridgehead atoms. The molecule has 3 aromatic carbocycles. The van der Waals surface area contributed by atoms with E-state index in [-0.39, 0.29) is 11.5 Å². The zero-order chi connectivity index (χ0) is 18.7.